The van der Waals surface area contributed by atoms with Crippen LogP contribution in [0.5, 0.6) is 0 Å². The first-order valence-corrected chi connectivity index (χ1v) is 53.5. The molecule has 0 radical (unpaired) electrons. The molecule has 0 aliphatic heterocycles. The normalized spacial score (nSPS) is 22.5. The van der Waals surface area contributed by atoms with E-state index in [2.05, 4.69) is 296 Å². The van der Waals surface area contributed by atoms with Crippen LogP contribution in [0.25, 0.3) is 65.7 Å². The van der Waals surface area contributed by atoms with Crippen molar-refractivity contribution in [2.24, 2.45) is 81.1 Å². The molecular formula is C109H132Br5Cl4N15. The Balaban J connectivity index is 0.000000113. The quantitative estimate of drug-likeness (QED) is 0.0513. The number of aromatic nitrogens is 5. The van der Waals surface area contributed by atoms with Crippen LogP contribution in [0.4, 0.5) is 0 Å². The molecule has 24 heteroatoms. The molecule has 8 aromatic carbocycles. The molecule has 22 N–H and O–H groups in total. The fourth-order valence-corrected chi connectivity index (χ4v) is 25.2. The number of nitrogens with two attached hydrogens (primary N) is 7. The Bertz CT molecular complexity index is 6390. The SMILES string of the molecule is CC(C)(C)C1Cc2c([nH]c3ccc(Br)cc23)C(N)C1.CC(C)C1CC2=C(Cc3cc(Cl)c(Cl)cc32)C(N)C1.CC(C)C1CC2=C(Cc3ccc(Cl)c(Cl)c32)C(N)C1.CNCC1Cc2c([nH]c3ccc(Br)cc23)C(N)C1.NC1CC(c2ccccc2)Cc2c1[nH]c1ccc(Br)cc21.NCCCNC1CCCc2c1[nH]c1ccc(Br)cc21.NCCNC1CCCc2c1[nH]c1ccc(Br)cc21. The third-order valence-corrected chi connectivity index (χ3v) is 33.8. The van der Waals surface area contributed by atoms with Gasteiger partial charge in [-0.25, -0.2) is 0 Å². The van der Waals surface area contributed by atoms with E-state index in [1.165, 1.54) is 199 Å². The maximum atomic E-state index is 6.43. The standard InChI is InChI=1S/C18H17BrN2.C16H21BrN2.2C16H19Cl2N.C15H20BrN3.2C14H18BrN3/c19-13-6-7-17-14(10-13)15-8-12(9-16(20)18(15)21-17)11-4-2-1-3-5-11;1-16(2,3)9-6-12-11-8-10(17)4-5-14(11)19-15(12)13(18)7-9;1-8(2)9-3-12-11-7-15(18)14(17)5-10(11)4-13(12)16(19)6-9;1-8(2)10-6-12-11(14(19)7-10)5-9-3-4-13(17)16(18)15(9)12;16-10-5-6-13-12(9-10)11-3-1-4-14(15(11)19-13)18-8-2-7-17;1-17-7-8-4-11-10-6-9(15)2-3-13(10)18-14(11)12(16)5-8;15-9-4-5-12-11(8-9)10-2-1-3-13(14(10)18-12)17-7-6-16/h1-7,10,12,16,21H,8-9,20H2;4-5,8-9,13,19H,6-7,18H2,1-3H3;5,7-9,16H,3-4,6,19H2,1-2H3;3-4,8,10,14H,5-7,19H2,1-2H3;5-6,9,14,18-19H,1-4,7-8,17H2;2-3,6,8,12,17-18H,4-5,7,16H2,1H3;4-5,8,13,17-18H,1-3,6-7,16H2. The zero-order chi connectivity index (χ0) is 94.1. The second-order valence-electron chi connectivity index (χ2n) is 40.3. The van der Waals surface area contributed by atoms with Gasteiger partial charge in [-0.2, -0.15) is 0 Å². The van der Waals surface area contributed by atoms with Crippen LogP contribution in [0.1, 0.15) is 246 Å². The molecule has 5 aromatic heterocycles. The number of allylic oxidation sites excluding steroid dienone is 2. The van der Waals surface area contributed by atoms with Gasteiger partial charge in [0.25, 0.3) is 0 Å². The Morgan fingerprint density at radius 1 is 0.429 bits per heavy atom. The zero-order valence-corrected chi connectivity index (χ0v) is 88.8. The van der Waals surface area contributed by atoms with E-state index < -0.39 is 0 Å². The van der Waals surface area contributed by atoms with Gasteiger partial charge in [-0.1, -0.05) is 211 Å². The summed E-state index contributed by atoms with van der Waals surface area (Å²) in [4.78, 5) is 17.7. The maximum Gasteiger partial charge on any atom is 0.0670 e. The first-order chi connectivity index (χ1) is 63.8. The minimum absolute atomic E-state index is 0.0881. The van der Waals surface area contributed by atoms with E-state index in [1.54, 1.807) is 0 Å². The van der Waals surface area contributed by atoms with Gasteiger partial charge in [-0.15, -0.1) is 0 Å². The number of hydrogen-bond donors (Lipinski definition) is 15. The molecule has 13 aromatic rings. The number of aromatic amines is 5. The average molecular weight is 2190 g/mol. The summed E-state index contributed by atoms with van der Waals surface area (Å²) in [5.74, 6) is 4.44. The van der Waals surface area contributed by atoms with Crippen LogP contribution in [0.2, 0.25) is 20.1 Å². The fraction of sp³-hybridized carbons (Fsp3) is 0.431. The second-order valence-corrected chi connectivity index (χ2v) is 46.5. The van der Waals surface area contributed by atoms with Crippen molar-refractivity contribution in [3.8, 4) is 0 Å². The monoisotopic (exact) mass is 2190 g/mol. The second kappa shape index (κ2) is 43.9. The summed E-state index contributed by atoms with van der Waals surface area (Å²) in [7, 11) is 2.01. The lowest BCUT2D eigenvalue weighted by atomic mass is 9.70. The maximum absolute atomic E-state index is 6.43. The van der Waals surface area contributed by atoms with E-state index in [0.717, 1.165) is 132 Å². The topological polar surface area (TPSA) is 297 Å². The Labute approximate surface area is 847 Å². The summed E-state index contributed by atoms with van der Waals surface area (Å²) in [6, 6.07) is 52.5. The number of benzene rings is 8. The molecule has 0 bridgehead atoms. The fourth-order valence-electron chi connectivity index (χ4n) is 22.5. The van der Waals surface area contributed by atoms with Crippen molar-refractivity contribution in [3.05, 3.63) is 283 Å². The first kappa shape index (κ1) is 100. The molecule has 5 heterocycles. The number of aryl methyl sites for hydroxylation is 2. The third kappa shape index (κ3) is 22.5. The molecule has 9 aliphatic carbocycles. The summed E-state index contributed by atoms with van der Waals surface area (Å²) in [5, 5.41) is 19.8. The highest BCUT2D eigenvalue weighted by Crippen LogP contribution is 2.52. The van der Waals surface area contributed by atoms with Crippen LogP contribution in [0.3, 0.4) is 0 Å². The lowest BCUT2D eigenvalue weighted by Crippen LogP contribution is -2.32. The van der Waals surface area contributed by atoms with Crippen molar-refractivity contribution in [1.82, 2.24) is 40.9 Å². The summed E-state index contributed by atoms with van der Waals surface area (Å²) in [5.41, 5.74) is 75.1. The number of hydrogen-bond acceptors (Lipinski definition) is 10. The molecule has 706 valence electrons. The highest BCUT2D eigenvalue weighted by atomic mass is 79.9. The Kier molecular flexibility index (Phi) is 33.0. The van der Waals surface area contributed by atoms with E-state index >= 15 is 0 Å². The van der Waals surface area contributed by atoms with Crippen molar-refractivity contribution in [2.45, 2.75) is 219 Å². The number of halogens is 9. The Hall–Kier alpha value is -5.90. The van der Waals surface area contributed by atoms with Crippen LogP contribution in [0, 0.1) is 40.9 Å². The number of nitrogens with one attached hydrogen (secondary N) is 8. The van der Waals surface area contributed by atoms with Crippen LogP contribution in [-0.2, 0) is 44.9 Å². The van der Waals surface area contributed by atoms with Gasteiger partial charge in [-0.05, 0) is 377 Å². The predicted molar refractivity (Wildman–Crippen MR) is 581 cm³/mol. The van der Waals surface area contributed by atoms with Gasteiger partial charge in [0, 0.05) is 166 Å². The Morgan fingerprint density at radius 3 is 1.35 bits per heavy atom. The number of rotatable bonds is 12. The first-order valence-electron chi connectivity index (χ1n) is 48.0. The largest absolute Gasteiger partial charge is 0.357 e. The molecule has 0 saturated heterocycles. The van der Waals surface area contributed by atoms with Gasteiger partial charge >= 0.3 is 0 Å². The molecule has 22 rings (SSSR count). The van der Waals surface area contributed by atoms with Crippen LogP contribution in [-0.4, -0.2) is 76.8 Å². The van der Waals surface area contributed by atoms with Gasteiger partial charge < -0.3 is 81.0 Å². The van der Waals surface area contributed by atoms with Crippen molar-refractivity contribution in [2.75, 3.05) is 39.8 Å². The van der Waals surface area contributed by atoms with Crippen LogP contribution in [0.15, 0.2) is 179 Å². The molecular weight excluding hydrogens is 2060 g/mol. The highest BCUT2D eigenvalue weighted by molar-refractivity contribution is 9.11. The summed E-state index contributed by atoms with van der Waals surface area (Å²) >= 11 is 42.7. The molecule has 0 amide bonds. The van der Waals surface area contributed by atoms with Gasteiger partial charge in [0.1, 0.15) is 0 Å². The highest BCUT2D eigenvalue weighted by Gasteiger charge is 2.40. The van der Waals surface area contributed by atoms with Crippen LogP contribution >= 0.6 is 126 Å². The van der Waals surface area contributed by atoms with E-state index in [1.807, 2.05) is 25.2 Å². The molecule has 0 saturated carbocycles. The molecule has 0 spiro atoms. The summed E-state index contributed by atoms with van der Waals surface area (Å²) in [6.45, 7) is 20.4. The lowest BCUT2D eigenvalue weighted by molar-refractivity contribution is 0.201. The lowest BCUT2D eigenvalue weighted by Gasteiger charge is -2.36. The van der Waals surface area contributed by atoms with Gasteiger partial charge in [0.05, 0.1) is 20.1 Å². The van der Waals surface area contributed by atoms with E-state index in [0.29, 0.717) is 85.6 Å². The van der Waals surface area contributed by atoms with Crippen molar-refractivity contribution in [1.29, 1.82) is 0 Å². The number of fused-ring (bicyclic) bond motifs is 19. The van der Waals surface area contributed by atoms with Crippen molar-refractivity contribution in [3.63, 3.8) is 0 Å². The predicted octanol–water partition coefficient (Wildman–Crippen LogP) is 27.4. The van der Waals surface area contributed by atoms with E-state index in [-0.39, 0.29) is 30.2 Å². The minimum Gasteiger partial charge on any atom is -0.357 e. The third-order valence-electron chi connectivity index (χ3n) is 29.8. The van der Waals surface area contributed by atoms with Gasteiger partial charge in [0.2, 0.25) is 0 Å². The molecule has 0 fully saturated rings. The number of H-pyrrole nitrogens is 5. The van der Waals surface area contributed by atoms with Gasteiger partial charge in [0.15, 0.2) is 0 Å². The molecule has 12 atom stereocenters. The van der Waals surface area contributed by atoms with E-state index in [4.69, 9.17) is 86.5 Å². The molecule has 9 aliphatic rings. The van der Waals surface area contributed by atoms with Crippen molar-refractivity contribution < 1.29 is 0 Å². The zero-order valence-electron chi connectivity index (χ0n) is 77.9. The average Bonchev–Trinajstić information content (AvgIpc) is 1.57. The summed E-state index contributed by atoms with van der Waals surface area (Å²) in [6.07, 6.45) is 21.1. The van der Waals surface area contributed by atoms with Crippen LogP contribution < -0.4 is 56.1 Å². The molecule has 133 heavy (non-hydrogen) atoms. The van der Waals surface area contributed by atoms with Crippen molar-refractivity contribution >= 4 is 192 Å². The van der Waals surface area contributed by atoms with E-state index in [9.17, 15) is 0 Å². The smallest absolute Gasteiger partial charge is 0.0670 e. The molecule has 12 unspecified atom stereocenters. The Morgan fingerprint density at radius 2 is 0.865 bits per heavy atom. The molecule has 15 nitrogen and oxygen atoms in total. The van der Waals surface area contributed by atoms with Gasteiger partial charge in [-0.3, -0.25) is 0 Å². The summed E-state index contributed by atoms with van der Waals surface area (Å²) < 4.78 is 5.68. The minimum atomic E-state index is 0.0881.